The summed E-state index contributed by atoms with van der Waals surface area (Å²) in [5.41, 5.74) is 0.373. The Bertz CT molecular complexity index is 919. The van der Waals surface area contributed by atoms with E-state index in [0.29, 0.717) is 5.56 Å². The van der Waals surface area contributed by atoms with Gasteiger partial charge in [0.2, 0.25) is 11.8 Å². The van der Waals surface area contributed by atoms with Crippen molar-refractivity contribution in [1.29, 1.82) is 0 Å². The Hall–Kier alpha value is -3.07. The molecule has 0 radical (unpaired) electrons. The van der Waals surface area contributed by atoms with Crippen LogP contribution in [0.15, 0.2) is 48.5 Å². The number of amides is 2. The second kappa shape index (κ2) is 8.74. The fourth-order valence-corrected chi connectivity index (χ4v) is 3.34. The van der Waals surface area contributed by atoms with E-state index in [1.54, 1.807) is 6.92 Å². The highest BCUT2D eigenvalue weighted by atomic mass is 19.4. The third-order valence-corrected chi connectivity index (χ3v) is 4.90. The Morgan fingerprint density at radius 1 is 1.20 bits per heavy atom. The van der Waals surface area contributed by atoms with E-state index in [9.17, 15) is 22.8 Å². The van der Waals surface area contributed by atoms with Gasteiger partial charge in [-0.05, 0) is 24.6 Å². The third kappa shape index (κ3) is 4.91. The van der Waals surface area contributed by atoms with E-state index in [2.05, 4.69) is 16.0 Å². The van der Waals surface area contributed by atoms with Crippen LogP contribution in [0.5, 0.6) is 5.75 Å². The lowest BCUT2D eigenvalue weighted by Crippen LogP contribution is -2.56. The lowest BCUT2D eigenvalue weighted by Gasteiger charge is -2.32. The number of carbonyl (C=O) groups excluding carboxylic acids is 2. The number of halogens is 3. The molecule has 1 aliphatic heterocycles. The smallest absolute Gasteiger partial charge is 0.416 e. The van der Waals surface area contributed by atoms with Crippen LogP contribution in [0.4, 0.5) is 13.2 Å². The highest BCUT2D eigenvalue weighted by molar-refractivity contribution is 5.90. The van der Waals surface area contributed by atoms with Gasteiger partial charge in [0.1, 0.15) is 11.9 Å². The molecule has 160 valence electrons. The maximum Gasteiger partial charge on any atom is 0.416 e. The zero-order valence-electron chi connectivity index (χ0n) is 16.4. The number of benzene rings is 2. The normalized spacial score (nSPS) is 20.2. The van der Waals surface area contributed by atoms with Gasteiger partial charge in [0.05, 0.1) is 31.2 Å². The van der Waals surface area contributed by atoms with Gasteiger partial charge in [-0.15, -0.1) is 0 Å². The molecule has 0 aliphatic carbocycles. The Morgan fingerprint density at radius 3 is 2.53 bits per heavy atom. The molecule has 0 bridgehead atoms. The van der Waals surface area contributed by atoms with Gasteiger partial charge < -0.3 is 15.4 Å². The van der Waals surface area contributed by atoms with Gasteiger partial charge in [-0.3, -0.25) is 14.9 Å². The number of ether oxygens (including phenoxy) is 1. The molecular weight excluding hydrogens is 399 g/mol. The Balaban J connectivity index is 1.73. The van der Waals surface area contributed by atoms with Gasteiger partial charge in [0.15, 0.2) is 0 Å². The van der Waals surface area contributed by atoms with Crippen LogP contribution < -0.4 is 20.7 Å². The molecule has 9 heteroatoms. The van der Waals surface area contributed by atoms with E-state index in [0.717, 1.165) is 17.7 Å². The molecule has 6 nitrogen and oxygen atoms in total. The largest absolute Gasteiger partial charge is 0.496 e. The summed E-state index contributed by atoms with van der Waals surface area (Å²) < 4.78 is 43.9. The van der Waals surface area contributed by atoms with Crippen LogP contribution in [0, 0.1) is 0 Å². The van der Waals surface area contributed by atoms with E-state index in [-0.39, 0.29) is 18.1 Å². The summed E-state index contributed by atoms with van der Waals surface area (Å²) in [7, 11) is 1.27. The van der Waals surface area contributed by atoms with Crippen LogP contribution in [0.25, 0.3) is 0 Å². The minimum atomic E-state index is -4.50. The lowest BCUT2D eigenvalue weighted by atomic mass is 10.0. The van der Waals surface area contributed by atoms with Crippen molar-refractivity contribution in [3.63, 3.8) is 0 Å². The number of hydrogen-bond donors (Lipinski definition) is 3. The highest BCUT2D eigenvalue weighted by Gasteiger charge is 2.34. The predicted octanol–water partition coefficient (Wildman–Crippen LogP) is 3.07. The van der Waals surface area contributed by atoms with Crippen molar-refractivity contribution in [2.75, 3.05) is 7.11 Å². The summed E-state index contributed by atoms with van der Waals surface area (Å²) in [6.45, 7) is 1.64. The van der Waals surface area contributed by atoms with Crippen LogP contribution in [-0.4, -0.2) is 25.0 Å². The minimum Gasteiger partial charge on any atom is -0.496 e. The first-order valence-corrected chi connectivity index (χ1v) is 9.35. The van der Waals surface area contributed by atoms with Gasteiger partial charge in [0, 0.05) is 5.56 Å². The summed E-state index contributed by atoms with van der Waals surface area (Å²) in [6.07, 6.45) is -5.06. The van der Waals surface area contributed by atoms with E-state index in [1.165, 1.54) is 13.2 Å². The molecule has 1 fully saturated rings. The molecular formula is C21H22F3N3O3. The molecule has 2 amide bonds. The average molecular weight is 421 g/mol. The first kappa shape index (κ1) is 21.6. The van der Waals surface area contributed by atoms with Gasteiger partial charge in [0.25, 0.3) is 0 Å². The van der Waals surface area contributed by atoms with Gasteiger partial charge in [-0.25, -0.2) is 0 Å². The van der Waals surface area contributed by atoms with Gasteiger partial charge in [-0.2, -0.15) is 13.2 Å². The standard InChI is InChI=1S/C21H22F3N3O3/c1-12(15-9-8-14(21(22,23)24)10-17(15)30-2)25-20(29)16-11-18(28)27-19(26-16)13-6-4-3-5-7-13/h3-10,12,16,19,26H,11H2,1-2H3,(H,25,29)(H,27,28)/t12-,16?,19?/m0/s1. The molecule has 30 heavy (non-hydrogen) atoms. The molecule has 1 saturated heterocycles. The molecule has 1 aliphatic rings. The van der Waals surface area contributed by atoms with E-state index < -0.39 is 35.9 Å². The second-order valence-electron chi connectivity index (χ2n) is 7.02. The Kier molecular flexibility index (Phi) is 6.31. The number of rotatable bonds is 5. The van der Waals surface area contributed by atoms with E-state index in [1.807, 2.05) is 30.3 Å². The van der Waals surface area contributed by atoms with E-state index in [4.69, 9.17) is 4.74 Å². The fourth-order valence-electron chi connectivity index (χ4n) is 3.34. The first-order chi connectivity index (χ1) is 14.2. The second-order valence-corrected chi connectivity index (χ2v) is 7.02. The van der Waals surface area contributed by atoms with Gasteiger partial charge >= 0.3 is 6.18 Å². The minimum absolute atomic E-state index is 0.0223. The average Bonchev–Trinajstić information content (AvgIpc) is 2.72. The van der Waals surface area contributed by atoms with Gasteiger partial charge in [-0.1, -0.05) is 36.4 Å². The van der Waals surface area contributed by atoms with Crippen molar-refractivity contribution < 1.29 is 27.5 Å². The lowest BCUT2D eigenvalue weighted by molar-refractivity contribution is -0.137. The quantitative estimate of drug-likeness (QED) is 0.693. The number of carbonyl (C=O) groups is 2. The number of hydrogen-bond acceptors (Lipinski definition) is 4. The number of nitrogens with one attached hydrogen (secondary N) is 3. The molecule has 3 N–H and O–H groups in total. The van der Waals surface area contributed by atoms with Crippen molar-refractivity contribution in [1.82, 2.24) is 16.0 Å². The molecule has 3 rings (SSSR count). The fraction of sp³-hybridized carbons (Fsp3) is 0.333. The first-order valence-electron chi connectivity index (χ1n) is 9.35. The molecule has 0 saturated carbocycles. The molecule has 0 aromatic heterocycles. The SMILES string of the molecule is COc1cc(C(F)(F)F)ccc1[C@H](C)NC(=O)C1CC(=O)NC(c2ccccc2)N1. The monoisotopic (exact) mass is 421 g/mol. The summed E-state index contributed by atoms with van der Waals surface area (Å²) >= 11 is 0. The summed E-state index contributed by atoms with van der Waals surface area (Å²) in [6, 6.07) is 10.9. The van der Waals surface area contributed by atoms with Crippen molar-refractivity contribution in [2.45, 2.75) is 37.8 Å². The molecule has 2 unspecified atom stereocenters. The zero-order valence-corrected chi connectivity index (χ0v) is 16.4. The Labute approximate surface area is 171 Å². The summed E-state index contributed by atoms with van der Waals surface area (Å²) in [4.78, 5) is 24.8. The van der Waals surface area contributed by atoms with Crippen LogP contribution in [0.2, 0.25) is 0 Å². The van der Waals surface area contributed by atoms with Crippen LogP contribution in [-0.2, 0) is 15.8 Å². The highest BCUT2D eigenvalue weighted by Crippen LogP contribution is 2.35. The zero-order chi connectivity index (χ0) is 21.9. The molecule has 3 atom stereocenters. The molecule has 2 aromatic carbocycles. The van der Waals surface area contributed by atoms with E-state index >= 15 is 0 Å². The van der Waals surface area contributed by atoms with Crippen LogP contribution in [0.3, 0.4) is 0 Å². The Morgan fingerprint density at radius 2 is 1.90 bits per heavy atom. The molecule has 1 heterocycles. The molecule has 2 aromatic rings. The molecule has 0 spiro atoms. The predicted molar refractivity (Wildman–Crippen MR) is 103 cm³/mol. The third-order valence-electron chi connectivity index (χ3n) is 4.90. The van der Waals surface area contributed by atoms with Crippen molar-refractivity contribution >= 4 is 11.8 Å². The summed E-state index contributed by atoms with van der Waals surface area (Å²) in [5, 5.41) is 8.62. The maximum atomic E-state index is 12.9. The maximum absolute atomic E-state index is 12.9. The number of methoxy groups -OCH3 is 1. The van der Waals surface area contributed by atoms with Crippen molar-refractivity contribution in [3.8, 4) is 5.75 Å². The van der Waals surface area contributed by atoms with Crippen molar-refractivity contribution in [3.05, 3.63) is 65.2 Å². The number of alkyl halides is 3. The van der Waals surface area contributed by atoms with Crippen LogP contribution >= 0.6 is 0 Å². The topological polar surface area (TPSA) is 79.5 Å². The summed E-state index contributed by atoms with van der Waals surface area (Å²) in [5.74, 6) is -0.683. The van der Waals surface area contributed by atoms with Crippen molar-refractivity contribution in [2.24, 2.45) is 0 Å². The van der Waals surface area contributed by atoms with Crippen LogP contribution in [0.1, 0.15) is 42.2 Å².